The average Bonchev–Trinajstić information content (AvgIpc) is 2.82. The molecular formula is C22H36N6O. The molecule has 0 unspecified atom stereocenters. The number of nitrogens with one attached hydrogen (secondary N) is 1. The van der Waals surface area contributed by atoms with E-state index in [4.69, 9.17) is 4.74 Å². The van der Waals surface area contributed by atoms with Crippen LogP contribution in [0, 0.1) is 0 Å². The molecular weight excluding hydrogens is 364 g/mol. The Morgan fingerprint density at radius 2 is 1.83 bits per heavy atom. The number of hydrogen-bond acceptors (Lipinski definition) is 5. The van der Waals surface area contributed by atoms with Crippen molar-refractivity contribution in [3.63, 3.8) is 0 Å². The van der Waals surface area contributed by atoms with Gasteiger partial charge < -0.3 is 19.9 Å². The number of anilines is 1. The number of ether oxygens (including phenoxy) is 1. The third-order valence-electron chi connectivity index (χ3n) is 6.81. The fourth-order valence-corrected chi connectivity index (χ4v) is 5.12. The summed E-state index contributed by atoms with van der Waals surface area (Å²) in [6.45, 7) is 8.74. The quantitative estimate of drug-likeness (QED) is 0.615. The van der Waals surface area contributed by atoms with E-state index in [0.717, 1.165) is 70.8 Å². The van der Waals surface area contributed by atoms with Crippen molar-refractivity contribution in [2.45, 2.75) is 37.6 Å². The van der Waals surface area contributed by atoms with Crippen molar-refractivity contribution in [3.05, 3.63) is 24.4 Å². The van der Waals surface area contributed by atoms with E-state index in [2.05, 4.69) is 42.1 Å². The predicted octanol–water partition coefficient (Wildman–Crippen LogP) is 1.81. The highest BCUT2D eigenvalue weighted by Gasteiger charge is 2.39. The van der Waals surface area contributed by atoms with Crippen LogP contribution < -0.4 is 10.2 Å². The molecule has 2 aliphatic heterocycles. The smallest absolute Gasteiger partial charge is 0.193 e. The highest BCUT2D eigenvalue weighted by Crippen LogP contribution is 2.34. The van der Waals surface area contributed by atoms with Crippen LogP contribution in [0.25, 0.3) is 0 Å². The minimum absolute atomic E-state index is 0.258. The number of pyridine rings is 1. The lowest BCUT2D eigenvalue weighted by atomic mass is 9.79. The van der Waals surface area contributed by atoms with Gasteiger partial charge in [0.1, 0.15) is 5.82 Å². The number of nitrogens with zero attached hydrogens (tertiary/aromatic N) is 5. The van der Waals surface area contributed by atoms with E-state index in [9.17, 15) is 0 Å². The maximum absolute atomic E-state index is 5.62. The molecule has 1 aliphatic carbocycles. The molecule has 160 valence electrons. The van der Waals surface area contributed by atoms with Gasteiger partial charge in [-0.25, -0.2) is 4.98 Å². The number of hydrogen-bond donors (Lipinski definition) is 1. The van der Waals surface area contributed by atoms with Crippen LogP contribution in [0.1, 0.15) is 32.1 Å². The van der Waals surface area contributed by atoms with E-state index in [0.29, 0.717) is 0 Å². The molecule has 3 heterocycles. The Hall–Kier alpha value is -1.86. The Morgan fingerprint density at radius 1 is 1.07 bits per heavy atom. The van der Waals surface area contributed by atoms with Crippen LogP contribution in [0.15, 0.2) is 29.4 Å². The van der Waals surface area contributed by atoms with Crippen molar-refractivity contribution >= 4 is 11.8 Å². The molecule has 1 aromatic heterocycles. The van der Waals surface area contributed by atoms with Crippen LogP contribution in [0.3, 0.4) is 0 Å². The lowest BCUT2D eigenvalue weighted by Crippen LogP contribution is -2.61. The molecule has 29 heavy (non-hydrogen) atoms. The second-order valence-electron chi connectivity index (χ2n) is 8.45. The Labute approximate surface area is 175 Å². The molecule has 1 aromatic rings. The Balaban J connectivity index is 1.35. The molecule has 4 rings (SSSR count). The van der Waals surface area contributed by atoms with E-state index in [-0.39, 0.29) is 5.54 Å². The highest BCUT2D eigenvalue weighted by molar-refractivity contribution is 5.80. The second-order valence-corrected chi connectivity index (χ2v) is 8.45. The summed E-state index contributed by atoms with van der Waals surface area (Å²) in [5, 5.41) is 3.76. The standard InChI is InChI=1S/C22H36N6O/c1-23-21(27-13-11-26(12-14-27)20-7-3-6-10-24-20)25-19-22(8-4-2-5-9-22)28-15-17-29-18-16-28/h3,6-7,10H,2,4-5,8-9,11-19H2,1H3,(H,23,25). The SMILES string of the molecule is CN=C(NCC1(N2CCOCC2)CCCCC1)N1CCN(c2ccccn2)CC1. The summed E-state index contributed by atoms with van der Waals surface area (Å²) in [5.74, 6) is 2.12. The number of aromatic nitrogens is 1. The van der Waals surface area contributed by atoms with Gasteiger partial charge in [-0.3, -0.25) is 9.89 Å². The summed E-state index contributed by atoms with van der Waals surface area (Å²) in [4.78, 5) is 16.6. The van der Waals surface area contributed by atoms with Gasteiger partial charge in [0, 0.05) is 64.6 Å². The minimum atomic E-state index is 0.258. The van der Waals surface area contributed by atoms with Crippen molar-refractivity contribution in [2.75, 3.05) is 71.0 Å². The van der Waals surface area contributed by atoms with Crippen molar-refractivity contribution in [3.8, 4) is 0 Å². The van der Waals surface area contributed by atoms with Gasteiger partial charge in [-0.05, 0) is 25.0 Å². The third kappa shape index (κ3) is 4.83. The van der Waals surface area contributed by atoms with Gasteiger partial charge in [0.2, 0.25) is 0 Å². The van der Waals surface area contributed by atoms with E-state index in [1.54, 1.807) is 0 Å². The lowest BCUT2D eigenvalue weighted by molar-refractivity contribution is -0.0354. The summed E-state index contributed by atoms with van der Waals surface area (Å²) in [6, 6.07) is 6.13. The molecule has 0 bridgehead atoms. The number of rotatable bonds is 4. The molecule has 3 fully saturated rings. The van der Waals surface area contributed by atoms with E-state index in [1.807, 2.05) is 19.3 Å². The van der Waals surface area contributed by atoms with Crippen molar-refractivity contribution < 1.29 is 4.74 Å². The maximum atomic E-state index is 5.62. The molecule has 7 heteroatoms. The predicted molar refractivity (Wildman–Crippen MR) is 118 cm³/mol. The molecule has 0 atom stereocenters. The maximum Gasteiger partial charge on any atom is 0.193 e. The first kappa shape index (κ1) is 20.4. The van der Waals surface area contributed by atoms with Gasteiger partial charge >= 0.3 is 0 Å². The summed E-state index contributed by atoms with van der Waals surface area (Å²) in [5.41, 5.74) is 0.258. The lowest BCUT2D eigenvalue weighted by Gasteiger charge is -2.48. The van der Waals surface area contributed by atoms with Crippen molar-refractivity contribution in [2.24, 2.45) is 4.99 Å². The van der Waals surface area contributed by atoms with Gasteiger partial charge in [-0.15, -0.1) is 0 Å². The monoisotopic (exact) mass is 400 g/mol. The van der Waals surface area contributed by atoms with Gasteiger partial charge in [0.05, 0.1) is 13.2 Å². The summed E-state index contributed by atoms with van der Waals surface area (Å²) in [7, 11) is 1.91. The Morgan fingerprint density at radius 3 is 2.48 bits per heavy atom. The zero-order chi connectivity index (χ0) is 19.9. The molecule has 2 saturated heterocycles. The fourth-order valence-electron chi connectivity index (χ4n) is 5.12. The molecule has 0 radical (unpaired) electrons. The fraction of sp³-hybridized carbons (Fsp3) is 0.727. The molecule has 1 saturated carbocycles. The van der Waals surface area contributed by atoms with Crippen molar-refractivity contribution in [1.29, 1.82) is 0 Å². The largest absolute Gasteiger partial charge is 0.379 e. The van der Waals surface area contributed by atoms with Crippen LogP contribution in [0.2, 0.25) is 0 Å². The van der Waals surface area contributed by atoms with Crippen molar-refractivity contribution in [1.82, 2.24) is 20.1 Å². The molecule has 1 N–H and O–H groups in total. The molecule has 0 amide bonds. The van der Waals surface area contributed by atoms with Gasteiger partial charge in [-0.2, -0.15) is 0 Å². The van der Waals surface area contributed by atoms with E-state index in [1.165, 1.54) is 32.1 Å². The topological polar surface area (TPSA) is 56.2 Å². The van der Waals surface area contributed by atoms with E-state index >= 15 is 0 Å². The third-order valence-corrected chi connectivity index (χ3v) is 6.81. The second kappa shape index (κ2) is 9.76. The average molecular weight is 401 g/mol. The Bertz CT molecular complexity index is 647. The normalized spacial score (nSPS) is 23.8. The van der Waals surface area contributed by atoms with Gasteiger partial charge in [-0.1, -0.05) is 25.3 Å². The van der Waals surface area contributed by atoms with Crippen LogP contribution in [0.5, 0.6) is 0 Å². The molecule has 0 aromatic carbocycles. The number of morpholine rings is 1. The minimum Gasteiger partial charge on any atom is -0.379 e. The first-order valence-electron chi connectivity index (χ1n) is 11.3. The summed E-state index contributed by atoms with van der Waals surface area (Å²) >= 11 is 0. The summed E-state index contributed by atoms with van der Waals surface area (Å²) < 4.78 is 5.62. The number of guanidine groups is 1. The molecule has 3 aliphatic rings. The first-order valence-corrected chi connectivity index (χ1v) is 11.3. The van der Waals surface area contributed by atoms with Crippen LogP contribution in [0.4, 0.5) is 5.82 Å². The highest BCUT2D eigenvalue weighted by atomic mass is 16.5. The van der Waals surface area contributed by atoms with Crippen LogP contribution >= 0.6 is 0 Å². The van der Waals surface area contributed by atoms with Gasteiger partial charge in [0.15, 0.2) is 5.96 Å². The molecule has 7 nitrogen and oxygen atoms in total. The van der Waals surface area contributed by atoms with Gasteiger partial charge in [0.25, 0.3) is 0 Å². The van der Waals surface area contributed by atoms with Crippen LogP contribution in [-0.4, -0.2) is 92.4 Å². The number of piperazine rings is 1. The Kier molecular flexibility index (Phi) is 6.87. The summed E-state index contributed by atoms with van der Waals surface area (Å²) in [6.07, 6.45) is 8.48. The zero-order valence-electron chi connectivity index (χ0n) is 17.9. The van der Waals surface area contributed by atoms with E-state index < -0.39 is 0 Å². The van der Waals surface area contributed by atoms with Crippen LogP contribution in [-0.2, 0) is 4.74 Å². The first-order chi connectivity index (χ1) is 14.3. The molecule has 0 spiro atoms. The zero-order valence-corrected chi connectivity index (χ0v) is 17.9. The number of aliphatic imine (C=N–C) groups is 1.